The molecule has 0 heterocycles. The summed E-state index contributed by atoms with van der Waals surface area (Å²) in [6.07, 6.45) is 0.0673. The molecular weight excluding hydrogens is 509 g/mol. The topological polar surface area (TPSA) is 84.9 Å². The number of hydrogen-bond donors (Lipinski definition) is 2. The number of hydrogen-bond acceptors (Lipinski definition) is 5. The highest BCUT2D eigenvalue weighted by molar-refractivity contribution is 7.88. The minimum Gasteiger partial charge on any atom is -0.491 e. The van der Waals surface area contributed by atoms with Crippen LogP contribution < -0.4 is 14.2 Å². The fraction of sp³-hybridized carbons (Fsp3) is 0.478. The Morgan fingerprint density at radius 1 is 1.03 bits per heavy atom. The number of sulfonamides is 1. The summed E-state index contributed by atoms with van der Waals surface area (Å²) in [5.74, 6) is 1.66. The molecule has 0 aromatic heterocycles. The van der Waals surface area contributed by atoms with Crippen LogP contribution in [-0.2, 0) is 15.4 Å². The van der Waals surface area contributed by atoms with Gasteiger partial charge in [-0.05, 0) is 35.4 Å². The summed E-state index contributed by atoms with van der Waals surface area (Å²) in [5.41, 5.74) is 1.52. The highest BCUT2D eigenvalue weighted by Crippen LogP contribution is 2.40. The predicted octanol–water partition coefficient (Wildman–Crippen LogP) is 4.86. The van der Waals surface area contributed by atoms with Crippen molar-refractivity contribution < 1.29 is 23.0 Å². The molecule has 0 unspecified atom stereocenters. The van der Waals surface area contributed by atoms with Crippen LogP contribution in [0.5, 0.6) is 11.5 Å². The minimum absolute atomic E-state index is 0.0414. The van der Waals surface area contributed by atoms with E-state index in [1.807, 2.05) is 31.2 Å². The number of ether oxygens (including phenoxy) is 2. The van der Waals surface area contributed by atoms with E-state index in [0.717, 1.165) is 17.4 Å². The van der Waals surface area contributed by atoms with Crippen LogP contribution in [0.15, 0.2) is 36.4 Å². The van der Waals surface area contributed by atoms with E-state index in [4.69, 9.17) is 44.3 Å². The Kier molecular flexibility index (Phi) is 10.2. The number of nitrogens with one attached hydrogen (secondary N) is 1. The maximum absolute atomic E-state index is 11.1. The van der Waals surface area contributed by atoms with Gasteiger partial charge in [-0.3, -0.25) is 0 Å². The van der Waals surface area contributed by atoms with Crippen LogP contribution in [0.2, 0.25) is 10.0 Å². The lowest BCUT2D eigenvalue weighted by Crippen LogP contribution is -2.34. The molecule has 184 valence electrons. The summed E-state index contributed by atoms with van der Waals surface area (Å²) in [4.78, 5) is 0. The van der Waals surface area contributed by atoms with Gasteiger partial charge in [-0.15, -0.1) is 11.6 Å². The van der Waals surface area contributed by atoms with Crippen LogP contribution in [0.4, 0.5) is 0 Å². The van der Waals surface area contributed by atoms with E-state index < -0.39 is 21.5 Å². The standard InChI is InChI=1S/C23H30Cl3NO5S/c1-15(11-24)13-32-22-20(25)9-17(10-21(22)26)23(2,3)16-5-7-19(8-6-16)31-14-18(28)12-27-33(4,29)30/h5-10,15,18,27-28H,11-14H2,1-4H3/t15-,18-/m0/s1. The lowest BCUT2D eigenvalue weighted by atomic mass is 9.78. The normalized spacial score (nSPS) is 14.1. The Hall–Kier alpha value is -1.22. The fourth-order valence-electron chi connectivity index (χ4n) is 2.96. The molecule has 0 aliphatic carbocycles. The Balaban J connectivity index is 2.09. The zero-order valence-corrected chi connectivity index (χ0v) is 22.2. The van der Waals surface area contributed by atoms with Crippen LogP contribution in [0, 0.1) is 5.92 Å². The van der Waals surface area contributed by atoms with Gasteiger partial charge in [0.2, 0.25) is 10.0 Å². The van der Waals surface area contributed by atoms with Crippen molar-refractivity contribution in [1.82, 2.24) is 4.72 Å². The van der Waals surface area contributed by atoms with Gasteiger partial charge >= 0.3 is 0 Å². The molecule has 2 atom stereocenters. The monoisotopic (exact) mass is 537 g/mol. The third kappa shape index (κ3) is 8.50. The predicted molar refractivity (Wildman–Crippen MR) is 135 cm³/mol. The molecule has 0 bridgehead atoms. The first kappa shape index (κ1) is 28.0. The number of aliphatic hydroxyl groups is 1. The summed E-state index contributed by atoms with van der Waals surface area (Å²) in [5, 5.41) is 10.7. The second kappa shape index (κ2) is 12.0. The number of alkyl halides is 1. The van der Waals surface area contributed by atoms with Crippen molar-refractivity contribution in [3.8, 4) is 11.5 Å². The molecular formula is C23H30Cl3NO5S. The average Bonchev–Trinajstić information content (AvgIpc) is 2.75. The first-order chi connectivity index (χ1) is 15.3. The largest absolute Gasteiger partial charge is 0.491 e. The fourth-order valence-corrected chi connectivity index (χ4v) is 4.14. The van der Waals surface area contributed by atoms with E-state index in [-0.39, 0.29) is 19.1 Å². The van der Waals surface area contributed by atoms with E-state index in [1.54, 1.807) is 12.1 Å². The van der Waals surface area contributed by atoms with Gasteiger partial charge in [0.25, 0.3) is 0 Å². The molecule has 2 aromatic carbocycles. The molecule has 33 heavy (non-hydrogen) atoms. The smallest absolute Gasteiger partial charge is 0.208 e. The second-order valence-corrected chi connectivity index (χ2v) is 11.5. The molecule has 2 rings (SSSR count). The van der Waals surface area contributed by atoms with Gasteiger partial charge in [-0.25, -0.2) is 13.1 Å². The van der Waals surface area contributed by atoms with Gasteiger partial charge in [0, 0.05) is 23.8 Å². The highest BCUT2D eigenvalue weighted by atomic mass is 35.5. The van der Waals surface area contributed by atoms with Crippen molar-refractivity contribution in [2.24, 2.45) is 5.92 Å². The molecule has 2 N–H and O–H groups in total. The molecule has 0 saturated heterocycles. The molecule has 0 amide bonds. The third-order valence-corrected chi connectivity index (χ3v) is 6.87. The Bertz CT molecular complexity index is 1010. The van der Waals surface area contributed by atoms with Crippen LogP contribution in [0.1, 0.15) is 31.9 Å². The van der Waals surface area contributed by atoms with E-state index in [2.05, 4.69) is 18.6 Å². The highest BCUT2D eigenvalue weighted by Gasteiger charge is 2.26. The van der Waals surface area contributed by atoms with E-state index in [9.17, 15) is 13.5 Å². The lowest BCUT2D eigenvalue weighted by Gasteiger charge is -2.27. The van der Waals surface area contributed by atoms with E-state index in [0.29, 0.717) is 34.0 Å². The quantitative estimate of drug-likeness (QED) is 0.377. The van der Waals surface area contributed by atoms with Crippen LogP contribution >= 0.6 is 34.8 Å². The average molecular weight is 539 g/mol. The molecule has 0 spiro atoms. The van der Waals surface area contributed by atoms with Crippen molar-refractivity contribution in [3.63, 3.8) is 0 Å². The second-order valence-electron chi connectivity index (χ2n) is 8.57. The Morgan fingerprint density at radius 2 is 1.61 bits per heavy atom. The third-order valence-electron chi connectivity index (χ3n) is 5.10. The van der Waals surface area contributed by atoms with E-state index in [1.165, 1.54) is 0 Å². The molecule has 2 aromatic rings. The van der Waals surface area contributed by atoms with Crippen LogP contribution in [0.25, 0.3) is 0 Å². The van der Waals surface area contributed by atoms with Crippen LogP contribution in [0.3, 0.4) is 0 Å². The molecule has 6 nitrogen and oxygen atoms in total. The van der Waals surface area contributed by atoms with Gasteiger partial charge in [-0.1, -0.05) is 56.1 Å². The summed E-state index contributed by atoms with van der Waals surface area (Å²) in [6.45, 7) is 6.36. The number of aliphatic hydroxyl groups excluding tert-OH is 1. The lowest BCUT2D eigenvalue weighted by molar-refractivity contribution is 0.111. The van der Waals surface area contributed by atoms with Crippen molar-refractivity contribution in [3.05, 3.63) is 57.6 Å². The van der Waals surface area contributed by atoms with E-state index >= 15 is 0 Å². The molecule has 0 aliphatic rings. The van der Waals surface area contributed by atoms with Crippen molar-refractivity contribution >= 4 is 44.8 Å². The summed E-state index contributed by atoms with van der Waals surface area (Å²) in [7, 11) is -3.37. The molecule has 0 aliphatic heterocycles. The first-order valence-corrected chi connectivity index (χ1v) is 13.6. The van der Waals surface area contributed by atoms with Crippen molar-refractivity contribution in [2.75, 3.05) is 31.9 Å². The van der Waals surface area contributed by atoms with Crippen molar-refractivity contribution in [2.45, 2.75) is 32.3 Å². The molecule has 0 fully saturated rings. The minimum atomic E-state index is -3.37. The van der Waals surface area contributed by atoms with Gasteiger partial charge in [0.05, 0.1) is 22.9 Å². The molecule has 0 saturated carbocycles. The van der Waals surface area contributed by atoms with Crippen molar-refractivity contribution in [1.29, 1.82) is 0 Å². The van der Waals surface area contributed by atoms with Gasteiger partial charge in [0.15, 0.2) is 5.75 Å². The first-order valence-electron chi connectivity index (χ1n) is 10.4. The number of rotatable bonds is 12. The summed E-state index contributed by atoms with van der Waals surface area (Å²) >= 11 is 18.8. The molecule has 10 heteroatoms. The summed E-state index contributed by atoms with van der Waals surface area (Å²) < 4.78 is 35.8. The zero-order chi connectivity index (χ0) is 24.8. The Labute approximate surface area is 211 Å². The maximum atomic E-state index is 11.1. The molecule has 0 radical (unpaired) electrons. The van der Waals surface area contributed by atoms with Gasteiger partial charge in [0.1, 0.15) is 18.5 Å². The SMILES string of the molecule is C[C@@H](CCl)COc1c(Cl)cc(C(C)(C)c2ccc(OC[C@@H](O)CNS(C)(=O)=O)cc2)cc1Cl. The van der Waals surface area contributed by atoms with Crippen LogP contribution in [-0.4, -0.2) is 51.5 Å². The van der Waals surface area contributed by atoms with Gasteiger partial charge < -0.3 is 14.6 Å². The number of benzene rings is 2. The zero-order valence-electron chi connectivity index (χ0n) is 19.1. The summed E-state index contributed by atoms with van der Waals surface area (Å²) in [6, 6.07) is 11.1. The number of halogens is 3. The Morgan fingerprint density at radius 3 is 2.12 bits per heavy atom. The van der Waals surface area contributed by atoms with Gasteiger partial charge in [-0.2, -0.15) is 0 Å². The maximum Gasteiger partial charge on any atom is 0.208 e.